The predicted molar refractivity (Wildman–Crippen MR) is 213 cm³/mol. The molecule has 0 fully saturated rings. The quantitative estimate of drug-likeness (QED) is 0.111. The summed E-state index contributed by atoms with van der Waals surface area (Å²) in [5.41, 5.74) is 6.85. The van der Waals surface area contributed by atoms with Gasteiger partial charge in [-0.15, -0.1) is 0 Å². The monoisotopic (exact) mass is 726 g/mol. The van der Waals surface area contributed by atoms with E-state index in [9.17, 15) is 13.2 Å². The minimum Gasteiger partial charge on any atom is -0.489 e. The van der Waals surface area contributed by atoms with Gasteiger partial charge in [-0.1, -0.05) is 93.4 Å². The molecule has 1 atom stereocenters. The van der Waals surface area contributed by atoms with E-state index in [1.54, 1.807) is 0 Å². The van der Waals surface area contributed by atoms with Crippen molar-refractivity contribution in [2.75, 3.05) is 22.9 Å². The van der Waals surface area contributed by atoms with Crippen LogP contribution in [0.1, 0.15) is 73.3 Å². The van der Waals surface area contributed by atoms with E-state index in [1.807, 2.05) is 83.8 Å². The van der Waals surface area contributed by atoms with Crippen molar-refractivity contribution in [3.05, 3.63) is 173 Å². The predicted octanol–water partition coefficient (Wildman–Crippen LogP) is 13.4. The molecule has 0 bridgehead atoms. The summed E-state index contributed by atoms with van der Waals surface area (Å²) in [5, 5.41) is 0. The molecule has 1 unspecified atom stereocenters. The van der Waals surface area contributed by atoms with Gasteiger partial charge >= 0.3 is 6.18 Å². The Labute approximate surface area is 316 Å². The Morgan fingerprint density at radius 2 is 1.19 bits per heavy atom. The lowest BCUT2D eigenvalue weighted by Crippen LogP contribution is -2.26. The second-order valence-corrected chi connectivity index (χ2v) is 13.7. The van der Waals surface area contributed by atoms with E-state index in [4.69, 9.17) is 9.47 Å². The molecular weight excluding hydrogens is 682 g/mol. The molecule has 1 aliphatic rings. The Morgan fingerprint density at radius 1 is 0.574 bits per heavy atom. The molecule has 0 aliphatic carbocycles. The SMILES string of the molecule is CCCCN(CCCC)c1ccc2c(c1)Oc1ccc(N(c3ccccc3)c3ccc(C(F)(F)F)cc3)cc1C2c1ccccc1COc1ccccc1. The smallest absolute Gasteiger partial charge is 0.416 e. The molecule has 4 nitrogen and oxygen atoms in total. The summed E-state index contributed by atoms with van der Waals surface area (Å²) in [6.07, 6.45) is 0.0375. The molecule has 276 valence electrons. The highest BCUT2D eigenvalue weighted by atomic mass is 19.4. The van der Waals surface area contributed by atoms with Gasteiger partial charge in [0, 0.05) is 59.0 Å². The van der Waals surface area contributed by atoms with Gasteiger partial charge < -0.3 is 19.3 Å². The maximum atomic E-state index is 13.6. The van der Waals surface area contributed by atoms with Crippen LogP contribution >= 0.6 is 0 Å². The average molecular weight is 727 g/mol. The molecule has 1 aliphatic heterocycles. The summed E-state index contributed by atoms with van der Waals surface area (Å²) < 4.78 is 53.9. The summed E-state index contributed by atoms with van der Waals surface area (Å²) in [4.78, 5) is 4.45. The topological polar surface area (TPSA) is 24.9 Å². The molecule has 6 aromatic rings. The lowest BCUT2D eigenvalue weighted by atomic mass is 9.80. The fourth-order valence-electron chi connectivity index (χ4n) is 7.18. The number of rotatable bonds is 14. The number of para-hydroxylation sites is 2. The Balaban J connectivity index is 1.35. The zero-order valence-electron chi connectivity index (χ0n) is 30.7. The average Bonchev–Trinajstić information content (AvgIpc) is 3.20. The van der Waals surface area contributed by atoms with Crippen molar-refractivity contribution < 1.29 is 22.6 Å². The fraction of sp³-hybridized carbons (Fsp3) is 0.234. The molecule has 0 saturated carbocycles. The van der Waals surface area contributed by atoms with E-state index >= 15 is 0 Å². The van der Waals surface area contributed by atoms with E-state index in [0.717, 1.165) is 107 Å². The number of hydrogen-bond acceptors (Lipinski definition) is 4. The molecule has 0 saturated heterocycles. The van der Waals surface area contributed by atoms with Crippen LogP contribution in [0.3, 0.4) is 0 Å². The number of alkyl halides is 3. The maximum Gasteiger partial charge on any atom is 0.416 e. The van der Waals surface area contributed by atoms with Crippen LogP contribution in [0.2, 0.25) is 0 Å². The first-order valence-electron chi connectivity index (χ1n) is 18.8. The van der Waals surface area contributed by atoms with Gasteiger partial charge in [-0.05, 0) is 96.8 Å². The molecule has 7 heteroatoms. The third-order valence-corrected chi connectivity index (χ3v) is 9.99. The van der Waals surface area contributed by atoms with Crippen molar-refractivity contribution in [2.24, 2.45) is 0 Å². The van der Waals surface area contributed by atoms with Crippen LogP contribution in [0.25, 0.3) is 0 Å². The number of hydrogen-bond donors (Lipinski definition) is 0. The first-order chi connectivity index (χ1) is 26.3. The lowest BCUT2D eigenvalue weighted by molar-refractivity contribution is -0.137. The first-order valence-corrected chi connectivity index (χ1v) is 18.8. The highest BCUT2D eigenvalue weighted by Crippen LogP contribution is 2.51. The van der Waals surface area contributed by atoms with Crippen LogP contribution in [0.4, 0.5) is 35.9 Å². The van der Waals surface area contributed by atoms with Crippen LogP contribution in [0, 0.1) is 0 Å². The molecule has 0 spiro atoms. The van der Waals surface area contributed by atoms with Gasteiger partial charge in [0.15, 0.2) is 0 Å². The van der Waals surface area contributed by atoms with Crippen LogP contribution in [-0.4, -0.2) is 13.1 Å². The van der Waals surface area contributed by atoms with Crippen molar-refractivity contribution in [3.8, 4) is 17.2 Å². The normalized spacial score (nSPS) is 13.4. The first kappa shape index (κ1) is 36.7. The van der Waals surface area contributed by atoms with Gasteiger partial charge in [0.25, 0.3) is 0 Å². The largest absolute Gasteiger partial charge is 0.489 e. The number of ether oxygens (including phenoxy) is 2. The minimum atomic E-state index is -4.43. The summed E-state index contributed by atoms with van der Waals surface area (Å²) in [6.45, 7) is 6.79. The molecule has 0 radical (unpaired) electrons. The zero-order valence-corrected chi connectivity index (χ0v) is 30.7. The molecule has 0 amide bonds. The number of fused-ring (bicyclic) bond motifs is 2. The Hall–Kier alpha value is -5.69. The van der Waals surface area contributed by atoms with Gasteiger partial charge in [0.1, 0.15) is 23.9 Å². The number of halogens is 3. The van der Waals surface area contributed by atoms with E-state index in [0.29, 0.717) is 12.3 Å². The van der Waals surface area contributed by atoms with Crippen molar-refractivity contribution in [1.29, 1.82) is 0 Å². The van der Waals surface area contributed by atoms with Gasteiger partial charge in [0.2, 0.25) is 0 Å². The van der Waals surface area contributed by atoms with Gasteiger partial charge in [0.05, 0.1) is 5.56 Å². The molecular formula is C47H45F3N2O2. The number of unbranched alkanes of at least 4 members (excludes halogenated alkanes) is 2. The fourth-order valence-corrected chi connectivity index (χ4v) is 7.18. The van der Waals surface area contributed by atoms with Crippen LogP contribution in [0.5, 0.6) is 17.2 Å². The van der Waals surface area contributed by atoms with Crippen LogP contribution < -0.4 is 19.3 Å². The van der Waals surface area contributed by atoms with Crippen molar-refractivity contribution in [2.45, 2.75) is 58.2 Å². The van der Waals surface area contributed by atoms with Crippen molar-refractivity contribution in [1.82, 2.24) is 0 Å². The number of benzene rings is 6. The van der Waals surface area contributed by atoms with Crippen LogP contribution in [0.15, 0.2) is 146 Å². The summed E-state index contributed by atoms with van der Waals surface area (Å²) in [7, 11) is 0. The second-order valence-electron chi connectivity index (χ2n) is 13.7. The van der Waals surface area contributed by atoms with Gasteiger partial charge in [-0.2, -0.15) is 13.2 Å². The Bertz CT molecular complexity index is 2130. The van der Waals surface area contributed by atoms with Gasteiger partial charge in [-0.3, -0.25) is 0 Å². The zero-order chi connectivity index (χ0) is 37.5. The van der Waals surface area contributed by atoms with E-state index in [-0.39, 0.29) is 5.92 Å². The number of nitrogens with zero attached hydrogens (tertiary/aromatic N) is 2. The van der Waals surface area contributed by atoms with Crippen molar-refractivity contribution >= 4 is 22.7 Å². The van der Waals surface area contributed by atoms with E-state index in [1.165, 1.54) is 12.1 Å². The Morgan fingerprint density at radius 3 is 1.87 bits per heavy atom. The van der Waals surface area contributed by atoms with Crippen LogP contribution in [-0.2, 0) is 12.8 Å². The standard InChI is InChI=1S/C47H45F3N2O2/c1-3-5-29-51(30-6-4-2)38-25-27-42-45(32-38)54-44-28-26-39(52(36-16-9-7-10-17-36)37-23-21-35(22-24-37)47(48,49)50)31-43(44)46(42)41-20-14-13-15-34(41)33-53-40-18-11-8-12-19-40/h7-28,31-32,46H,3-6,29-30,33H2,1-2H3. The lowest BCUT2D eigenvalue weighted by Gasteiger charge is -2.33. The van der Waals surface area contributed by atoms with E-state index in [2.05, 4.69) is 61.2 Å². The maximum absolute atomic E-state index is 13.6. The molecule has 7 rings (SSSR count). The highest BCUT2D eigenvalue weighted by molar-refractivity contribution is 5.78. The second kappa shape index (κ2) is 16.5. The summed E-state index contributed by atoms with van der Waals surface area (Å²) in [5.74, 6) is 2.14. The Kier molecular flexibility index (Phi) is 11.2. The molecule has 0 N–H and O–H groups in total. The van der Waals surface area contributed by atoms with E-state index < -0.39 is 11.7 Å². The third-order valence-electron chi connectivity index (χ3n) is 9.99. The molecule has 1 heterocycles. The molecule has 0 aromatic heterocycles. The molecule has 6 aromatic carbocycles. The minimum absolute atomic E-state index is 0.210. The highest BCUT2D eigenvalue weighted by Gasteiger charge is 2.33. The van der Waals surface area contributed by atoms with Crippen molar-refractivity contribution in [3.63, 3.8) is 0 Å². The van der Waals surface area contributed by atoms with Gasteiger partial charge in [-0.25, -0.2) is 0 Å². The third kappa shape index (κ3) is 8.10. The number of anilines is 4. The molecule has 54 heavy (non-hydrogen) atoms. The summed E-state index contributed by atoms with van der Waals surface area (Å²) in [6, 6.07) is 45.9. The summed E-state index contributed by atoms with van der Waals surface area (Å²) >= 11 is 0.